The Labute approximate surface area is 106 Å². The Morgan fingerprint density at radius 2 is 2.00 bits per heavy atom. The van der Waals surface area contributed by atoms with Crippen LogP contribution in [0, 0.1) is 11.8 Å². The van der Waals surface area contributed by atoms with Crippen molar-refractivity contribution >= 4 is 0 Å². The van der Waals surface area contributed by atoms with Crippen LogP contribution in [-0.4, -0.2) is 30.3 Å². The third kappa shape index (κ3) is 2.53. The van der Waals surface area contributed by atoms with E-state index in [0.29, 0.717) is 6.10 Å². The van der Waals surface area contributed by atoms with Gasteiger partial charge in [-0.15, -0.1) is 0 Å². The van der Waals surface area contributed by atoms with E-state index in [1.165, 1.54) is 57.9 Å². The van der Waals surface area contributed by atoms with Gasteiger partial charge in [-0.25, -0.2) is 0 Å². The fourth-order valence-electron chi connectivity index (χ4n) is 4.14. The molecule has 0 aromatic carbocycles. The Bertz CT molecular complexity index is 255. The van der Waals surface area contributed by atoms with E-state index in [4.69, 9.17) is 4.74 Å². The van der Waals surface area contributed by atoms with Crippen molar-refractivity contribution in [1.29, 1.82) is 0 Å². The molecule has 0 unspecified atom stereocenters. The molecular weight excluding hydrogens is 210 g/mol. The minimum Gasteiger partial charge on any atom is -0.363 e. The van der Waals surface area contributed by atoms with Crippen LogP contribution in [0.5, 0.6) is 0 Å². The van der Waals surface area contributed by atoms with Crippen LogP contribution in [0.3, 0.4) is 0 Å². The summed E-state index contributed by atoms with van der Waals surface area (Å²) in [5.41, 5.74) is 0. The van der Waals surface area contributed by atoms with Crippen molar-refractivity contribution in [3.8, 4) is 0 Å². The second-order valence-corrected chi connectivity index (χ2v) is 6.39. The van der Waals surface area contributed by atoms with Gasteiger partial charge >= 0.3 is 0 Å². The standard InChI is InChI=1S/C15H27NO/c1-2-12-7-8-14-9-13-5-3-4-6-15(13)17-11-16(14)10-12/h12-15H,2-11H2,1H3/t12-,13-,14-,15-/m1/s1. The first-order valence-electron chi connectivity index (χ1n) is 7.72. The van der Waals surface area contributed by atoms with Crippen molar-refractivity contribution in [3.63, 3.8) is 0 Å². The van der Waals surface area contributed by atoms with Crippen LogP contribution in [0.2, 0.25) is 0 Å². The van der Waals surface area contributed by atoms with E-state index in [2.05, 4.69) is 11.8 Å². The highest BCUT2D eigenvalue weighted by Crippen LogP contribution is 2.37. The van der Waals surface area contributed by atoms with Crippen LogP contribution in [-0.2, 0) is 4.74 Å². The molecule has 1 aliphatic carbocycles. The van der Waals surface area contributed by atoms with Gasteiger partial charge in [-0.05, 0) is 43.9 Å². The fourth-order valence-corrected chi connectivity index (χ4v) is 4.14. The molecule has 17 heavy (non-hydrogen) atoms. The summed E-state index contributed by atoms with van der Waals surface area (Å²) in [5.74, 6) is 1.80. The number of fused-ring (bicyclic) bond motifs is 2. The van der Waals surface area contributed by atoms with Crippen LogP contribution in [0.4, 0.5) is 0 Å². The first-order chi connectivity index (χ1) is 8.36. The molecule has 0 N–H and O–H groups in total. The van der Waals surface area contributed by atoms with Gasteiger partial charge in [0.1, 0.15) is 0 Å². The largest absolute Gasteiger partial charge is 0.363 e. The van der Waals surface area contributed by atoms with E-state index >= 15 is 0 Å². The Balaban J connectivity index is 1.65. The normalized spacial score (nSPS) is 43.6. The monoisotopic (exact) mass is 237 g/mol. The molecule has 2 saturated heterocycles. The van der Waals surface area contributed by atoms with Gasteiger partial charge in [-0.1, -0.05) is 26.2 Å². The summed E-state index contributed by atoms with van der Waals surface area (Å²) in [5, 5.41) is 0. The molecule has 2 aliphatic heterocycles. The molecule has 0 aromatic rings. The summed E-state index contributed by atoms with van der Waals surface area (Å²) in [6.07, 6.45) is 11.8. The maximum atomic E-state index is 6.20. The summed E-state index contributed by atoms with van der Waals surface area (Å²) < 4.78 is 6.20. The first-order valence-corrected chi connectivity index (χ1v) is 7.72. The zero-order valence-corrected chi connectivity index (χ0v) is 11.2. The quantitative estimate of drug-likeness (QED) is 0.693. The molecule has 1 saturated carbocycles. The van der Waals surface area contributed by atoms with Crippen LogP contribution in [0.15, 0.2) is 0 Å². The van der Waals surface area contributed by atoms with Crippen LogP contribution < -0.4 is 0 Å². The van der Waals surface area contributed by atoms with Gasteiger partial charge in [-0.2, -0.15) is 0 Å². The van der Waals surface area contributed by atoms with E-state index in [9.17, 15) is 0 Å². The van der Waals surface area contributed by atoms with Crippen molar-refractivity contribution in [3.05, 3.63) is 0 Å². The fraction of sp³-hybridized carbons (Fsp3) is 1.00. The zero-order chi connectivity index (χ0) is 11.7. The lowest BCUT2D eigenvalue weighted by Gasteiger charge is -2.38. The van der Waals surface area contributed by atoms with Gasteiger partial charge in [0.05, 0.1) is 12.8 Å². The number of ether oxygens (including phenoxy) is 1. The average Bonchev–Trinajstić information content (AvgIpc) is 2.57. The molecule has 3 aliphatic rings. The lowest BCUT2D eigenvalue weighted by Crippen LogP contribution is -2.43. The van der Waals surface area contributed by atoms with Crippen molar-refractivity contribution < 1.29 is 4.74 Å². The van der Waals surface area contributed by atoms with E-state index in [1.807, 2.05) is 0 Å². The number of piperidine rings is 1. The summed E-state index contributed by atoms with van der Waals surface area (Å²) in [6, 6.07) is 0.839. The van der Waals surface area contributed by atoms with Gasteiger partial charge < -0.3 is 4.74 Å². The first kappa shape index (κ1) is 12.0. The minimum atomic E-state index is 0.592. The Morgan fingerprint density at radius 3 is 2.88 bits per heavy atom. The molecule has 4 atom stereocenters. The van der Waals surface area contributed by atoms with E-state index < -0.39 is 0 Å². The summed E-state index contributed by atoms with van der Waals surface area (Å²) >= 11 is 0. The summed E-state index contributed by atoms with van der Waals surface area (Å²) in [6.45, 7) is 4.55. The van der Waals surface area contributed by atoms with Gasteiger partial charge in [-0.3, -0.25) is 4.90 Å². The van der Waals surface area contributed by atoms with Crippen LogP contribution in [0.25, 0.3) is 0 Å². The van der Waals surface area contributed by atoms with Crippen molar-refractivity contribution in [2.24, 2.45) is 11.8 Å². The van der Waals surface area contributed by atoms with Gasteiger partial charge in [0.2, 0.25) is 0 Å². The van der Waals surface area contributed by atoms with Crippen molar-refractivity contribution in [2.45, 2.75) is 70.4 Å². The molecule has 2 nitrogen and oxygen atoms in total. The third-order valence-corrected chi connectivity index (χ3v) is 5.36. The van der Waals surface area contributed by atoms with Gasteiger partial charge in [0.15, 0.2) is 0 Å². The summed E-state index contributed by atoms with van der Waals surface area (Å²) in [7, 11) is 0. The number of hydrogen-bond donors (Lipinski definition) is 0. The van der Waals surface area contributed by atoms with Crippen LogP contribution >= 0.6 is 0 Å². The molecule has 98 valence electrons. The molecule has 2 heteroatoms. The summed E-state index contributed by atoms with van der Waals surface area (Å²) in [4.78, 5) is 2.65. The zero-order valence-electron chi connectivity index (χ0n) is 11.2. The second kappa shape index (κ2) is 5.27. The maximum absolute atomic E-state index is 6.20. The predicted octanol–water partition coefficient (Wildman–Crippen LogP) is 3.41. The van der Waals surface area contributed by atoms with Gasteiger partial charge in [0, 0.05) is 12.6 Å². The second-order valence-electron chi connectivity index (χ2n) is 6.39. The van der Waals surface area contributed by atoms with Gasteiger partial charge in [0.25, 0.3) is 0 Å². The smallest absolute Gasteiger partial charge is 0.0996 e. The lowest BCUT2D eigenvalue weighted by atomic mass is 9.80. The third-order valence-electron chi connectivity index (χ3n) is 5.36. The average molecular weight is 237 g/mol. The molecule has 0 aromatic heterocycles. The Morgan fingerprint density at radius 1 is 1.12 bits per heavy atom. The van der Waals surface area contributed by atoms with Crippen molar-refractivity contribution in [2.75, 3.05) is 13.3 Å². The molecule has 2 heterocycles. The number of nitrogens with zero attached hydrogens (tertiary/aromatic N) is 1. The highest BCUT2D eigenvalue weighted by molar-refractivity contribution is 4.88. The molecular formula is C15H27NO. The Kier molecular flexibility index (Phi) is 3.72. The highest BCUT2D eigenvalue weighted by Gasteiger charge is 2.36. The molecule has 3 fully saturated rings. The molecule has 0 radical (unpaired) electrons. The number of rotatable bonds is 1. The SMILES string of the molecule is CC[C@@H]1CC[C@@H]2C[C@H]3CCCC[C@H]3OCN2C1. The van der Waals surface area contributed by atoms with Crippen molar-refractivity contribution in [1.82, 2.24) is 4.90 Å². The highest BCUT2D eigenvalue weighted by atomic mass is 16.5. The molecule has 0 spiro atoms. The lowest BCUT2D eigenvalue weighted by molar-refractivity contribution is -0.0525. The minimum absolute atomic E-state index is 0.592. The topological polar surface area (TPSA) is 12.5 Å². The molecule has 0 bridgehead atoms. The predicted molar refractivity (Wildman–Crippen MR) is 69.8 cm³/mol. The maximum Gasteiger partial charge on any atom is 0.0996 e. The molecule has 3 rings (SSSR count). The Hall–Kier alpha value is -0.0800. The molecule has 0 amide bonds. The van der Waals surface area contributed by atoms with E-state index in [1.54, 1.807) is 0 Å². The van der Waals surface area contributed by atoms with Crippen LogP contribution in [0.1, 0.15) is 58.3 Å². The van der Waals surface area contributed by atoms with E-state index in [-0.39, 0.29) is 0 Å². The van der Waals surface area contributed by atoms with E-state index in [0.717, 1.165) is 24.6 Å². The number of hydrogen-bond acceptors (Lipinski definition) is 2.